The van der Waals surface area contributed by atoms with E-state index in [1.165, 1.54) is 0 Å². The monoisotopic (exact) mass is 250 g/mol. The first-order valence-electron chi connectivity index (χ1n) is 6.27. The third kappa shape index (κ3) is 5.08. The van der Waals surface area contributed by atoms with Crippen LogP contribution in [0.5, 0.6) is 5.75 Å². The fourth-order valence-electron chi connectivity index (χ4n) is 1.51. The van der Waals surface area contributed by atoms with E-state index in [0.29, 0.717) is 18.9 Å². The van der Waals surface area contributed by atoms with Crippen molar-refractivity contribution in [2.75, 3.05) is 25.5 Å². The van der Waals surface area contributed by atoms with Crippen molar-refractivity contribution in [3.8, 4) is 5.75 Å². The molecule has 0 unspecified atom stereocenters. The van der Waals surface area contributed by atoms with Crippen LogP contribution in [0.2, 0.25) is 0 Å². The van der Waals surface area contributed by atoms with Crippen molar-refractivity contribution in [2.24, 2.45) is 5.92 Å². The zero-order chi connectivity index (χ0) is 13.4. The molecular formula is C14H22N2O2. The number of carbonyl (C=O) groups excluding carboxylic acids is 1. The van der Waals surface area contributed by atoms with Crippen LogP contribution in [-0.2, 0) is 4.79 Å². The van der Waals surface area contributed by atoms with Gasteiger partial charge < -0.3 is 15.4 Å². The molecule has 0 saturated heterocycles. The zero-order valence-electron chi connectivity index (χ0n) is 11.3. The van der Waals surface area contributed by atoms with Gasteiger partial charge in [0.1, 0.15) is 5.75 Å². The van der Waals surface area contributed by atoms with Crippen LogP contribution < -0.4 is 15.4 Å². The van der Waals surface area contributed by atoms with E-state index in [-0.39, 0.29) is 5.91 Å². The molecule has 0 fully saturated rings. The molecule has 1 amide bonds. The lowest BCUT2D eigenvalue weighted by atomic mass is 10.2. The summed E-state index contributed by atoms with van der Waals surface area (Å²) in [7, 11) is 1.63. The van der Waals surface area contributed by atoms with Gasteiger partial charge >= 0.3 is 0 Å². The molecule has 0 aliphatic heterocycles. The first-order chi connectivity index (χ1) is 8.63. The SMILES string of the molecule is COc1ccccc1NCCC(=O)NCC(C)C. The van der Waals surface area contributed by atoms with Gasteiger partial charge in [0.05, 0.1) is 12.8 Å². The predicted molar refractivity (Wildman–Crippen MR) is 73.9 cm³/mol. The quantitative estimate of drug-likeness (QED) is 0.780. The van der Waals surface area contributed by atoms with Crippen LogP contribution in [0.25, 0.3) is 0 Å². The molecule has 0 bridgehead atoms. The molecule has 0 saturated carbocycles. The Morgan fingerprint density at radius 1 is 1.33 bits per heavy atom. The minimum absolute atomic E-state index is 0.0751. The van der Waals surface area contributed by atoms with Crippen LogP contribution in [0.15, 0.2) is 24.3 Å². The molecule has 0 aliphatic rings. The molecular weight excluding hydrogens is 228 g/mol. The van der Waals surface area contributed by atoms with Crippen LogP contribution in [-0.4, -0.2) is 26.1 Å². The van der Waals surface area contributed by atoms with Crippen LogP contribution in [0.3, 0.4) is 0 Å². The highest BCUT2D eigenvalue weighted by molar-refractivity contribution is 5.76. The molecule has 0 spiro atoms. The van der Waals surface area contributed by atoms with Crippen molar-refractivity contribution < 1.29 is 9.53 Å². The van der Waals surface area contributed by atoms with Crippen LogP contribution >= 0.6 is 0 Å². The Balaban J connectivity index is 2.31. The summed E-state index contributed by atoms with van der Waals surface area (Å²) in [6, 6.07) is 7.68. The highest BCUT2D eigenvalue weighted by atomic mass is 16.5. The first-order valence-corrected chi connectivity index (χ1v) is 6.27. The molecule has 0 heterocycles. The Morgan fingerprint density at radius 3 is 2.72 bits per heavy atom. The van der Waals surface area contributed by atoms with E-state index < -0.39 is 0 Å². The summed E-state index contributed by atoms with van der Waals surface area (Å²) in [6.07, 6.45) is 0.463. The van der Waals surface area contributed by atoms with Crippen molar-refractivity contribution in [3.63, 3.8) is 0 Å². The topological polar surface area (TPSA) is 50.4 Å². The van der Waals surface area contributed by atoms with E-state index >= 15 is 0 Å². The summed E-state index contributed by atoms with van der Waals surface area (Å²) in [6.45, 7) is 5.48. The summed E-state index contributed by atoms with van der Waals surface area (Å²) in [4.78, 5) is 11.5. The summed E-state index contributed by atoms with van der Waals surface area (Å²) < 4.78 is 5.22. The third-order valence-corrected chi connectivity index (χ3v) is 2.48. The van der Waals surface area contributed by atoms with Crippen molar-refractivity contribution in [1.82, 2.24) is 5.32 Å². The van der Waals surface area contributed by atoms with Crippen molar-refractivity contribution in [3.05, 3.63) is 24.3 Å². The van der Waals surface area contributed by atoms with Crippen LogP contribution in [0, 0.1) is 5.92 Å². The van der Waals surface area contributed by atoms with Gasteiger partial charge in [0.15, 0.2) is 0 Å². The van der Waals surface area contributed by atoms with Crippen LogP contribution in [0.4, 0.5) is 5.69 Å². The van der Waals surface area contributed by atoms with Gasteiger partial charge in [-0.1, -0.05) is 26.0 Å². The van der Waals surface area contributed by atoms with Gasteiger partial charge in [-0.25, -0.2) is 0 Å². The number of rotatable bonds is 7. The van der Waals surface area contributed by atoms with Gasteiger partial charge in [0.2, 0.25) is 5.91 Å². The highest BCUT2D eigenvalue weighted by Gasteiger charge is 2.04. The number of amides is 1. The molecule has 4 heteroatoms. The van der Waals surface area contributed by atoms with Gasteiger partial charge in [-0.3, -0.25) is 4.79 Å². The molecule has 1 aromatic carbocycles. The second-order valence-corrected chi connectivity index (χ2v) is 4.57. The van der Waals surface area contributed by atoms with E-state index in [2.05, 4.69) is 24.5 Å². The number of benzene rings is 1. The molecule has 0 atom stereocenters. The van der Waals surface area contributed by atoms with E-state index in [0.717, 1.165) is 18.0 Å². The molecule has 0 radical (unpaired) electrons. The van der Waals surface area contributed by atoms with Crippen molar-refractivity contribution in [1.29, 1.82) is 0 Å². The second kappa shape index (κ2) is 7.58. The fourth-order valence-corrected chi connectivity index (χ4v) is 1.51. The molecule has 18 heavy (non-hydrogen) atoms. The number of hydrogen-bond acceptors (Lipinski definition) is 3. The van der Waals surface area contributed by atoms with Gasteiger partial charge in [0, 0.05) is 19.5 Å². The molecule has 0 aliphatic carbocycles. The van der Waals surface area contributed by atoms with Crippen molar-refractivity contribution in [2.45, 2.75) is 20.3 Å². The van der Waals surface area contributed by atoms with Gasteiger partial charge in [-0.2, -0.15) is 0 Å². The Kier molecular flexibility index (Phi) is 6.05. The third-order valence-electron chi connectivity index (χ3n) is 2.48. The number of hydrogen-bond donors (Lipinski definition) is 2. The Labute approximate surface area is 109 Å². The van der Waals surface area contributed by atoms with Gasteiger partial charge in [0.25, 0.3) is 0 Å². The smallest absolute Gasteiger partial charge is 0.221 e. The summed E-state index contributed by atoms with van der Waals surface area (Å²) in [5, 5.41) is 6.08. The average Bonchev–Trinajstić information content (AvgIpc) is 2.37. The Morgan fingerprint density at radius 2 is 2.06 bits per heavy atom. The Hall–Kier alpha value is -1.71. The lowest BCUT2D eigenvalue weighted by Crippen LogP contribution is -2.28. The summed E-state index contributed by atoms with van der Waals surface area (Å²) in [5.41, 5.74) is 0.914. The number of carbonyl (C=O) groups is 1. The van der Waals surface area contributed by atoms with E-state index in [4.69, 9.17) is 4.74 Å². The highest BCUT2D eigenvalue weighted by Crippen LogP contribution is 2.22. The van der Waals surface area contributed by atoms with E-state index in [9.17, 15) is 4.79 Å². The Bertz CT molecular complexity index is 378. The number of para-hydroxylation sites is 2. The minimum atomic E-state index is 0.0751. The molecule has 0 aromatic heterocycles. The minimum Gasteiger partial charge on any atom is -0.495 e. The number of ether oxygens (including phenoxy) is 1. The molecule has 2 N–H and O–H groups in total. The standard InChI is InChI=1S/C14H22N2O2/c1-11(2)10-16-14(17)8-9-15-12-6-4-5-7-13(12)18-3/h4-7,11,15H,8-10H2,1-3H3,(H,16,17). The van der Waals surface area contributed by atoms with E-state index in [1.54, 1.807) is 7.11 Å². The second-order valence-electron chi connectivity index (χ2n) is 4.57. The van der Waals surface area contributed by atoms with Crippen molar-refractivity contribution >= 4 is 11.6 Å². The maximum Gasteiger partial charge on any atom is 0.221 e. The number of methoxy groups -OCH3 is 1. The molecule has 1 rings (SSSR count). The van der Waals surface area contributed by atoms with Gasteiger partial charge in [-0.15, -0.1) is 0 Å². The fraction of sp³-hybridized carbons (Fsp3) is 0.500. The van der Waals surface area contributed by atoms with E-state index in [1.807, 2.05) is 24.3 Å². The molecule has 1 aromatic rings. The van der Waals surface area contributed by atoms with Gasteiger partial charge in [-0.05, 0) is 18.1 Å². The first kappa shape index (κ1) is 14.4. The lowest BCUT2D eigenvalue weighted by Gasteiger charge is -2.11. The normalized spacial score (nSPS) is 10.2. The summed E-state index contributed by atoms with van der Waals surface area (Å²) in [5.74, 6) is 1.35. The molecule has 4 nitrogen and oxygen atoms in total. The average molecular weight is 250 g/mol. The maximum atomic E-state index is 11.5. The number of nitrogens with one attached hydrogen (secondary N) is 2. The maximum absolute atomic E-state index is 11.5. The predicted octanol–water partition coefficient (Wildman–Crippen LogP) is 2.27. The lowest BCUT2D eigenvalue weighted by molar-refractivity contribution is -0.120. The molecule has 100 valence electrons. The zero-order valence-corrected chi connectivity index (χ0v) is 11.3. The largest absolute Gasteiger partial charge is 0.495 e. The van der Waals surface area contributed by atoms with Crippen LogP contribution in [0.1, 0.15) is 20.3 Å². The number of anilines is 1. The summed E-state index contributed by atoms with van der Waals surface area (Å²) >= 11 is 0.